The van der Waals surface area contributed by atoms with Gasteiger partial charge in [-0.05, 0) is 0 Å². The molecule has 21 heavy (non-hydrogen) atoms. The molecule has 1 rings (SSSR count). The summed E-state index contributed by atoms with van der Waals surface area (Å²) in [4.78, 5) is 16.7. The van der Waals surface area contributed by atoms with E-state index < -0.39 is 12.2 Å². The van der Waals surface area contributed by atoms with Gasteiger partial charge in [0.15, 0.2) is 0 Å². The first kappa shape index (κ1) is 17.3. The van der Waals surface area contributed by atoms with E-state index in [-0.39, 0.29) is 25.2 Å². The second-order valence-electron chi connectivity index (χ2n) is 4.59. The van der Waals surface area contributed by atoms with E-state index in [1.807, 2.05) is 17.2 Å². The third-order valence-corrected chi connectivity index (χ3v) is 3.93. The molecule has 1 aliphatic heterocycles. The van der Waals surface area contributed by atoms with Crippen molar-refractivity contribution in [3.63, 3.8) is 0 Å². The number of carbonyl (C=O) groups excluding carboxylic acids is 1. The van der Waals surface area contributed by atoms with E-state index in [9.17, 15) is 4.79 Å². The van der Waals surface area contributed by atoms with Gasteiger partial charge in [-0.1, -0.05) is 0 Å². The van der Waals surface area contributed by atoms with Crippen molar-refractivity contribution < 1.29 is 42.1 Å². The Bertz CT molecular complexity index is 364. The second-order valence-corrected chi connectivity index (χ2v) is 6.04. The van der Waals surface area contributed by atoms with Gasteiger partial charge in [-0.25, -0.2) is 0 Å². The molecule has 3 unspecified atom stereocenters. The van der Waals surface area contributed by atoms with E-state index in [0.717, 1.165) is 12.5 Å². The van der Waals surface area contributed by atoms with Crippen molar-refractivity contribution in [2.24, 2.45) is 3.95 Å². The molecule has 3 atom stereocenters. The zero-order valence-corrected chi connectivity index (χ0v) is 14.7. The van der Waals surface area contributed by atoms with E-state index in [1.165, 1.54) is 0 Å². The molecule has 9 heteroatoms. The summed E-state index contributed by atoms with van der Waals surface area (Å²) in [6.45, 7) is 2.42. The summed E-state index contributed by atoms with van der Waals surface area (Å²) >= 11 is 1.95. The minimum absolute atomic E-state index is 0.0491. The van der Waals surface area contributed by atoms with Crippen LogP contribution in [0, 0.1) is 0 Å². The molecule has 0 saturated carbocycles. The standard InChI is InChI=1S/C12H22N2O5Si.V/c1-9-6-10(11(19-9)7-18-13)17-8-12(15)14-4-3-5-20-16-2;/h9-11H,3-8H2,1-2H3,(H,14,15);/i9T;. The van der Waals surface area contributed by atoms with Gasteiger partial charge in [0.1, 0.15) is 0 Å². The molecule has 119 valence electrons. The van der Waals surface area contributed by atoms with Crippen molar-refractivity contribution >= 4 is 15.7 Å². The quantitative estimate of drug-likeness (QED) is 0.330. The molecule has 1 fully saturated rings. The van der Waals surface area contributed by atoms with Crippen LogP contribution < -0.4 is 5.32 Å². The van der Waals surface area contributed by atoms with Gasteiger partial charge < -0.3 is 4.43 Å². The van der Waals surface area contributed by atoms with Gasteiger partial charge in [0.2, 0.25) is 9.76 Å². The number of nitrogens with one attached hydrogen (secondary N) is 1. The molecule has 1 N–H and O–H groups in total. The maximum absolute atomic E-state index is 11.7. The summed E-state index contributed by atoms with van der Waals surface area (Å²) in [5.74, 6) is -0.171. The molecule has 2 radical (unpaired) electrons. The predicted molar refractivity (Wildman–Crippen MR) is 72.3 cm³/mol. The third-order valence-electron chi connectivity index (χ3n) is 2.90. The molecule has 7 nitrogen and oxygen atoms in total. The van der Waals surface area contributed by atoms with Gasteiger partial charge in [-0.15, -0.1) is 0 Å². The summed E-state index contributed by atoms with van der Waals surface area (Å²) in [5, 5.41) is 2.79. The Hall–Kier alpha value is -0.0887. The van der Waals surface area contributed by atoms with Crippen molar-refractivity contribution in [3.8, 4) is 0 Å². The van der Waals surface area contributed by atoms with Gasteiger partial charge in [0, 0.05) is 7.11 Å². The summed E-state index contributed by atoms with van der Waals surface area (Å²) < 4.78 is 27.5. The van der Waals surface area contributed by atoms with Crippen LogP contribution >= 0.6 is 0 Å². The molecule has 1 heterocycles. The molecule has 0 spiro atoms. The van der Waals surface area contributed by atoms with Crippen LogP contribution in [-0.2, 0) is 40.8 Å². The number of hydrogen-bond acceptors (Lipinski definition) is 6. The molecule has 0 aromatic heterocycles. The fourth-order valence-electron chi connectivity index (χ4n) is 1.94. The van der Waals surface area contributed by atoms with Crippen LogP contribution in [0.3, 0.4) is 0 Å². The van der Waals surface area contributed by atoms with E-state index in [1.54, 1.807) is 14.0 Å². The zero-order valence-electron chi connectivity index (χ0n) is 13.3. The number of ether oxygens (including phenoxy) is 2. The Morgan fingerprint density at radius 3 is 3.19 bits per heavy atom. The van der Waals surface area contributed by atoms with Crippen LogP contribution in [0.2, 0.25) is 6.04 Å². The third kappa shape index (κ3) is 8.20. The van der Waals surface area contributed by atoms with Gasteiger partial charge in [-0.3, -0.25) is 0 Å². The zero-order chi connectivity index (χ0) is 16.4. The number of rotatable bonds is 11. The topological polar surface area (TPSA) is 78.4 Å². The van der Waals surface area contributed by atoms with Crippen molar-refractivity contribution in [2.75, 3.05) is 26.9 Å². The Kier molecular flexibility index (Phi) is 9.44. The van der Waals surface area contributed by atoms with Crippen LogP contribution in [0.4, 0.5) is 0 Å². The van der Waals surface area contributed by atoms with Crippen LogP contribution in [-0.4, -0.2) is 60.8 Å². The first-order valence-electron chi connectivity index (χ1n) is 7.27. The van der Waals surface area contributed by atoms with Crippen molar-refractivity contribution in [3.05, 3.63) is 0 Å². The monoisotopic (exact) mass is 355 g/mol. The minimum atomic E-state index is -1.03. The van der Waals surface area contributed by atoms with Gasteiger partial charge >= 0.3 is 117 Å². The maximum atomic E-state index is 11.7. The average molecular weight is 355 g/mol. The normalized spacial score (nSPS) is 29.1. The van der Waals surface area contributed by atoms with E-state index in [0.29, 0.717) is 22.7 Å². The summed E-state index contributed by atoms with van der Waals surface area (Å²) in [7, 11) is 2.14. The van der Waals surface area contributed by atoms with Crippen LogP contribution in [0.15, 0.2) is 3.95 Å². The molecule has 0 bridgehead atoms. The Balaban J connectivity index is 2.25. The summed E-state index contributed by atoms with van der Waals surface area (Å²) in [5.41, 5.74) is 0. The molecule has 0 aromatic carbocycles. The van der Waals surface area contributed by atoms with Crippen LogP contribution in [0.25, 0.3) is 0 Å². The second kappa shape index (κ2) is 11.5. The van der Waals surface area contributed by atoms with Crippen molar-refractivity contribution in [2.45, 2.75) is 44.1 Å². The van der Waals surface area contributed by atoms with Crippen LogP contribution in [0.5, 0.6) is 0 Å². The first-order chi connectivity index (χ1) is 10.5. The fraction of sp³-hybridized carbons (Fsp3) is 0.917. The fourth-order valence-corrected chi connectivity index (χ4v) is 2.57. The summed E-state index contributed by atoms with van der Waals surface area (Å²) in [6, 6.07) is 0.934. The number of amides is 1. The molecule has 0 aliphatic carbocycles. The number of hydrogen-bond donors (Lipinski definition) is 1. The van der Waals surface area contributed by atoms with Crippen molar-refractivity contribution in [1.29, 1.82) is 0 Å². The predicted octanol–water partition coefficient (Wildman–Crippen LogP) is 0.401. The van der Waals surface area contributed by atoms with Crippen molar-refractivity contribution in [1.82, 2.24) is 5.32 Å². The Morgan fingerprint density at radius 1 is 1.67 bits per heavy atom. The Labute approximate surface area is 138 Å². The molecular formula is C12H22N2O5SiV. The number of carbonyl (C=O) groups is 1. The van der Waals surface area contributed by atoms with E-state index >= 15 is 0 Å². The molecule has 1 aliphatic rings. The molecular weight excluding hydrogens is 331 g/mol. The summed E-state index contributed by atoms with van der Waals surface area (Å²) in [6.07, 6.45) is -0.508. The van der Waals surface area contributed by atoms with Crippen LogP contribution in [0.1, 0.15) is 21.1 Å². The van der Waals surface area contributed by atoms with Gasteiger partial charge in [-0.2, -0.15) is 0 Å². The SMILES string of the molecule is [3H]C1(C)CC(OCC(=O)NCCC[Si]OC)C(CO[N]=[V])O1. The molecule has 1 amide bonds. The van der Waals surface area contributed by atoms with Gasteiger partial charge in [0.05, 0.1) is 0 Å². The molecule has 1 saturated heterocycles. The van der Waals surface area contributed by atoms with Gasteiger partial charge in [0.25, 0.3) is 0 Å². The molecule has 0 aromatic rings. The van der Waals surface area contributed by atoms with E-state index in [4.69, 9.17) is 20.1 Å². The average Bonchev–Trinajstić information content (AvgIpc) is 2.77. The first-order valence-corrected chi connectivity index (χ1v) is 8.51. The number of nitrogens with zero attached hydrogens (tertiary/aromatic N) is 1. The van der Waals surface area contributed by atoms with E-state index in [2.05, 4.69) is 9.27 Å². The Morgan fingerprint density at radius 2 is 2.48 bits per heavy atom.